The highest BCUT2D eigenvalue weighted by atomic mass is 79.9. The molecule has 0 spiro atoms. The molecule has 2 unspecified atom stereocenters. The number of esters is 1. The molecule has 3 heteroatoms. The second kappa shape index (κ2) is 3.94. The second-order valence-corrected chi connectivity index (χ2v) is 4.60. The van der Waals surface area contributed by atoms with E-state index in [1.165, 1.54) is 13.5 Å². The maximum atomic E-state index is 11.5. The van der Waals surface area contributed by atoms with E-state index in [-0.39, 0.29) is 17.8 Å². The van der Waals surface area contributed by atoms with Gasteiger partial charge in [-0.05, 0) is 35.9 Å². The summed E-state index contributed by atoms with van der Waals surface area (Å²) in [4.78, 5) is 14.3. The van der Waals surface area contributed by atoms with Crippen LogP contribution in [0.5, 0.6) is 0 Å². The first kappa shape index (κ1) is 10.0. The molecule has 76 valence electrons. The van der Waals surface area contributed by atoms with E-state index in [9.17, 15) is 4.79 Å². The minimum Gasteiger partial charge on any atom is -0.469 e. The summed E-state index contributed by atoms with van der Waals surface area (Å²) in [5.74, 6) is 4.79. The maximum absolute atomic E-state index is 11.5. The van der Waals surface area contributed by atoms with Gasteiger partial charge in [-0.1, -0.05) is 5.92 Å². The fraction of sp³-hybridized carbons (Fsp3) is 0.727. The topological polar surface area (TPSA) is 26.3 Å². The van der Waals surface area contributed by atoms with Crippen LogP contribution >= 0.6 is 15.9 Å². The van der Waals surface area contributed by atoms with E-state index >= 15 is 0 Å². The lowest BCUT2D eigenvalue weighted by Crippen LogP contribution is -2.28. The van der Waals surface area contributed by atoms with Crippen molar-refractivity contribution in [2.24, 2.45) is 23.7 Å². The summed E-state index contributed by atoms with van der Waals surface area (Å²) in [6, 6.07) is 0. The summed E-state index contributed by atoms with van der Waals surface area (Å²) in [6.45, 7) is 0. The molecule has 0 aliphatic heterocycles. The molecule has 0 amide bonds. The zero-order valence-corrected chi connectivity index (χ0v) is 9.71. The van der Waals surface area contributed by atoms with E-state index < -0.39 is 0 Å². The molecule has 0 heterocycles. The minimum atomic E-state index is -0.0874. The number of hydrogen-bond acceptors (Lipinski definition) is 2. The predicted octanol–water partition coefficient (Wildman–Crippen LogP) is 2.18. The number of rotatable bonds is 1. The van der Waals surface area contributed by atoms with Crippen LogP contribution in [0.3, 0.4) is 0 Å². The van der Waals surface area contributed by atoms with Gasteiger partial charge in [0, 0.05) is 21.8 Å². The Bertz CT molecular complexity index is 302. The smallest absolute Gasteiger partial charge is 0.309 e. The Kier molecular flexibility index (Phi) is 2.83. The largest absolute Gasteiger partial charge is 0.469 e. The number of methoxy groups -OCH3 is 1. The Labute approximate surface area is 92.5 Å². The van der Waals surface area contributed by atoms with Gasteiger partial charge in [-0.3, -0.25) is 4.79 Å². The lowest BCUT2D eigenvalue weighted by molar-refractivity contribution is -0.147. The lowest BCUT2D eigenvalue weighted by atomic mass is 9.80. The molecule has 4 atom stereocenters. The fourth-order valence-electron chi connectivity index (χ4n) is 2.51. The van der Waals surface area contributed by atoms with Crippen LogP contribution in [0.2, 0.25) is 0 Å². The van der Waals surface area contributed by atoms with Gasteiger partial charge in [0.2, 0.25) is 0 Å². The van der Waals surface area contributed by atoms with Crippen molar-refractivity contribution in [3.8, 4) is 10.8 Å². The highest BCUT2D eigenvalue weighted by molar-refractivity contribution is 9.12. The van der Waals surface area contributed by atoms with Crippen molar-refractivity contribution < 1.29 is 9.53 Å². The van der Waals surface area contributed by atoms with Gasteiger partial charge in [-0.2, -0.15) is 0 Å². The summed E-state index contributed by atoms with van der Waals surface area (Å²) < 4.78 is 4.81. The van der Waals surface area contributed by atoms with Crippen LogP contribution in [0.1, 0.15) is 19.3 Å². The summed E-state index contributed by atoms with van der Waals surface area (Å²) in [6.07, 6.45) is 3.33. The molecule has 2 aliphatic rings. The predicted molar refractivity (Wildman–Crippen MR) is 56.5 cm³/mol. The van der Waals surface area contributed by atoms with Gasteiger partial charge in [0.25, 0.3) is 0 Å². The number of halogens is 1. The molecular weight excluding hydrogens is 244 g/mol. The molecular formula is C11H13BrO2. The van der Waals surface area contributed by atoms with Crippen molar-refractivity contribution in [3.63, 3.8) is 0 Å². The molecule has 0 N–H and O–H groups in total. The molecule has 2 rings (SSSR count). The number of carbonyl (C=O) groups is 1. The van der Waals surface area contributed by atoms with Crippen molar-refractivity contribution in [2.75, 3.05) is 7.11 Å². The molecule has 14 heavy (non-hydrogen) atoms. The van der Waals surface area contributed by atoms with Crippen LogP contribution in [0.15, 0.2) is 0 Å². The summed E-state index contributed by atoms with van der Waals surface area (Å²) >= 11 is 3.10. The molecule has 2 aliphatic carbocycles. The van der Waals surface area contributed by atoms with Crippen molar-refractivity contribution >= 4 is 21.9 Å². The molecule has 2 saturated carbocycles. The first-order valence-electron chi connectivity index (χ1n) is 4.95. The average Bonchev–Trinajstić information content (AvgIpc) is 2.94. The number of fused-ring (bicyclic) bond motifs is 1. The quantitative estimate of drug-likeness (QED) is 0.531. The van der Waals surface area contributed by atoms with Crippen LogP contribution in [0, 0.1) is 34.4 Å². The maximum Gasteiger partial charge on any atom is 0.309 e. The van der Waals surface area contributed by atoms with Crippen LogP contribution in [-0.2, 0) is 9.53 Å². The third-order valence-electron chi connectivity index (χ3n) is 3.41. The van der Waals surface area contributed by atoms with E-state index in [4.69, 9.17) is 4.74 Å². The van der Waals surface area contributed by atoms with Crippen molar-refractivity contribution in [1.82, 2.24) is 0 Å². The average molecular weight is 257 g/mol. The monoisotopic (exact) mass is 256 g/mol. The van der Waals surface area contributed by atoms with Crippen LogP contribution < -0.4 is 0 Å². The zero-order chi connectivity index (χ0) is 10.1. The van der Waals surface area contributed by atoms with E-state index in [1.54, 1.807) is 0 Å². The van der Waals surface area contributed by atoms with Crippen LogP contribution in [0.4, 0.5) is 0 Å². The van der Waals surface area contributed by atoms with Crippen molar-refractivity contribution in [2.45, 2.75) is 19.3 Å². The van der Waals surface area contributed by atoms with Crippen molar-refractivity contribution in [3.05, 3.63) is 0 Å². The molecule has 0 bridgehead atoms. The molecule has 2 fully saturated rings. The van der Waals surface area contributed by atoms with Gasteiger partial charge in [0.1, 0.15) is 0 Å². The van der Waals surface area contributed by atoms with Gasteiger partial charge in [0.15, 0.2) is 0 Å². The van der Waals surface area contributed by atoms with E-state index in [2.05, 4.69) is 26.7 Å². The lowest BCUT2D eigenvalue weighted by Gasteiger charge is -2.24. The number of hydrogen-bond donors (Lipinski definition) is 0. The highest BCUT2D eigenvalue weighted by Gasteiger charge is 2.48. The first-order valence-corrected chi connectivity index (χ1v) is 5.74. The third kappa shape index (κ3) is 1.81. The van der Waals surface area contributed by atoms with Crippen LogP contribution in [-0.4, -0.2) is 13.1 Å². The van der Waals surface area contributed by atoms with E-state index in [0.717, 1.165) is 24.7 Å². The van der Waals surface area contributed by atoms with Gasteiger partial charge in [-0.25, -0.2) is 0 Å². The van der Waals surface area contributed by atoms with E-state index in [0.29, 0.717) is 0 Å². The molecule has 0 radical (unpaired) electrons. The van der Waals surface area contributed by atoms with Gasteiger partial charge in [0.05, 0.1) is 13.0 Å². The van der Waals surface area contributed by atoms with Gasteiger partial charge >= 0.3 is 5.97 Å². The Morgan fingerprint density at radius 2 is 2.07 bits per heavy atom. The van der Waals surface area contributed by atoms with Crippen LogP contribution in [0.25, 0.3) is 0 Å². The normalized spacial score (nSPS) is 39.0. The Balaban J connectivity index is 2.08. The van der Waals surface area contributed by atoms with Gasteiger partial charge < -0.3 is 4.74 Å². The third-order valence-corrected chi connectivity index (χ3v) is 3.64. The SMILES string of the molecule is COC(=O)[C@@H]1CC2CC2C[C@H]1C#CBr. The Morgan fingerprint density at radius 3 is 2.71 bits per heavy atom. The highest BCUT2D eigenvalue weighted by Crippen LogP contribution is 2.53. The molecule has 0 saturated heterocycles. The standard InChI is InChI=1S/C11H13BrO2/c1-14-11(13)10-6-9-5-8(9)4-7(10)2-3-12/h7-10H,4-6H2,1H3/t7-,8?,9?,10-/m1/s1. The molecule has 0 aromatic carbocycles. The fourth-order valence-corrected chi connectivity index (χ4v) is 2.80. The summed E-state index contributed by atoms with van der Waals surface area (Å²) in [7, 11) is 1.46. The zero-order valence-electron chi connectivity index (χ0n) is 8.13. The molecule has 0 aromatic heterocycles. The first-order chi connectivity index (χ1) is 6.76. The minimum absolute atomic E-state index is 0.00815. The number of carbonyl (C=O) groups excluding carboxylic acids is 1. The van der Waals surface area contributed by atoms with Gasteiger partial charge in [-0.15, -0.1) is 0 Å². The molecule has 0 aromatic rings. The summed E-state index contributed by atoms with van der Waals surface area (Å²) in [5, 5.41) is 0. The molecule has 2 nitrogen and oxygen atoms in total. The summed E-state index contributed by atoms with van der Waals surface area (Å²) in [5.41, 5.74) is 0. The van der Waals surface area contributed by atoms with E-state index in [1.807, 2.05) is 0 Å². The van der Waals surface area contributed by atoms with Crippen molar-refractivity contribution in [1.29, 1.82) is 0 Å². The number of ether oxygens (including phenoxy) is 1. The Morgan fingerprint density at radius 1 is 1.36 bits per heavy atom. The second-order valence-electron chi connectivity index (χ2n) is 4.20. The Hall–Kier alpha value is -0.490.